The lowest BCUT2D eigenvalue weighted by Crippen LogP contribution is -2.46. The number of hydrogen-bond acceptors (Lipinski definition) is 5. The molecule has 0 aromatic heterocycles. The summed E-state index contributed by atoms with van der Waals surface area (Å²) in [6.07, 6.45) is 3.39. The summed E-state index contributed by atoms with van der Waals surface area (Å²) in [5.41, 5.74) is -0.241. The van der Waals surface area contributed by atoms with Crippen LogP contribution in [0.2, 0.25) is 0 Å². The van der Waals surface area contributed by atoms with Crippen LogP contribution in [0.3, 0.4) is 0 Å². The van der Waals surface area contributed by atoms with Crippen LogP contribution < -0.4 is 14.8 Å². The Bertz CT molecular complexity index is 821. The quantitative estimate of drug-likeness (QED) is 0.822. The van der Waals surface area contributed by atoms with E-state index in [2.05, 4.69) is 5.32 Å². The van der Waals surface area contributed by atoms with Gasteiger partial charge in [0.15, 0.2) is 0 Å². The van der Waals surface area contributed by atoms with Crippen molar-refractivity contribution in [1.29, 1.82) is 0 Å². The van der Waals surface area contributed by atoms with Gasteiger partial charge in [0.1, 0.15) is 17.1 Å². The van der Waals surface area contributed by atoms with E-state index in [4.69, 9.17) is 9.47 Å². The number of nitrogens with one attached hydrogen (secondary N) is 1. The Morgan fingerprint density at radius 3 is 2.76 bits per heavy atom. The van der Waals surface area contributed by atoms with E-state index in [9.17, 15) is 14.4 Å². The van der Waals surface area contributed by atoms with Crippen LogP contribution in [0.25, 0.3) is 0 Å². The minimum absolute atomic E-state index is 0.0133. The van der Waals surface area contributed by atoms with Crippen molar-refractivity contribution in [3.63, 3.8) is 0 Å². The van der Waals surface area contributed by atoms with Crippen LogP contribution in [0.5, 0.6) is 11.5 Å². The second-order valence-corrected chi connectivity index (χ2v) is 7.98. The van der Waals surface area contributed by atoms with Gasteiger partial charge in [0, 0.05) is 32.5 Å². The standard InChI is InChI=1S/C21H27N3O5/c1-28-15-4-5-17-16(12-15)20(27)22-14-21(29-17)7-6-18(25)24(11-8-21)13-19(26)23-9-2-3-10-23/h4-5,12H,2-3,6-11,13-14H2,1H3,(H,22,27). The number of methoxy groups -OCH3 is 1. The highest BCUT2D eigenvalue weighted by molar-refractivity contribution is 5.97. The van der Waals surface area contributed by atoms with Crippen LogP contribution >= 0.6 is 0 Å². The molecule has 3 aliphatic heterocycles. The van der Waals surface area contributed by atoms with E-state index in [1.807, 2.05) is 4.90 Å². The van der Waals surface area contributed by atoms with Gasteiger partial charge in [0.2, 0.25) is 11.8 Å². The largest absolute Gasteiger partial charge is 0.497 e. The number of hydrogen-bond donors (Lipinski definition) is 1. The summed E-state index contributed by atoms with van der Waals surface area (Å²) in [7, 11) is 1.55. The second-order valence-electron chi connectivity index (χ2n) is 7.98. The van der Waals surface area contributed by atoms with E-state index in [0.29, 0.717) is 43.0 Å². The maximum Gasteiger partial charge on any atom is 0.255 e. The fraction of sp³-hybridized carbons (Fsp3) is 0.571. The molecular formula is C21H27N3O5. The van der Waals surface area contributed by atoms with Crippen molar-refractivity contribution in [1.82, 2.24) is 15.1 Å². The highest BCUT2D eigenvalue weighted by atomic mass is 16.5. The zero-order chi connectivity index (χ0) is 20.4. The molecule has 8 heteroatoms. The van der Waals surface area contributed by atoms with Crippen LogP contribution in [-0.2, 0) is 9.59 Å². The molecule has 1 atom stereocenters. The molecule has 156 valence electrons. The Morgan fingerprint density at radius 1 is 1.21 bits per heavy atom. The Balaban J connectivity index is 1.49. The third kappa shape index (κ3) is 4.02. The van der Waals surface area contributed by atoms with Crippen LogP contribution in [0.1, 0.15) is 42.5 Å². The number of amides is 3. The van der Waals surface area contributed by atoms with Crippen LogP contribution in [0, 0.1) is 0 Å². The number of likely N-dealkylation sites (tertiary alicyclic amines) is 2. The smallest absolute Gasteiger partial charge is 0.255 e. The number of fused-ring (bicyclic) bond motifs is 1. The molecule has 1 unspecified atom stereocenters. The van der Waals surface area contributed by atoms with Gasteiger partial charge in [0.05, 0.1) is 25.8 Å². The Morgan fingerprint density at radius 2 is 2.00 bits per heavy atom. The number of carbonyl (C=O) groups excluding carboxylic acids is 3. The summed E-state index contributed by atoms with van der Waals surface area (Å²) in [4.78, 5) is 41.2. The molecule has 29 heavy (non-hydrogen) atoms. The minimum Gasteiger partial charge on any atom is -0.497 e. The third-order valence-corrected chi connectivity index (χ3v) is 6.10. The summed E-state index contributed by atoms with van der Waals surface area (Å²) in [6, 6.07) is 5.16. The lowest BCUT2D eigenvalue weighted by molar-refractivity contribution is -0.139. The summed E-state index contributed by atoms with van der Waals surface area (Å²) in [6.45, 7) is 2.43. The van der Waals surface area contributed by atoms with Gasteiger partial charge >= 0.3 is 0 Å². The number of rotatable bonds is 3. The van der Waals surface area contributed by atoms with Crippen LogP contribution in [0.15, 0.2) is 18.2 Å². The van der Waals surface area contributed by atoms with E-state index in [-0.39, 0.29) is 30.7 Å². The number of benzene rings is 1. The molecule has 3 amide bonds. The molecule has 1 aromatic carbocycles. The first-order valence-corrected chi connectivity index (χ1v) is 10.2. The highest BCUT2D eigenvalue weighted by Gasteiger charge is 2.41. The zero-order valence-electron chi connectivity index (χ0n) is 16.7. The van der Waals surface area contributed by atoms with Crippen molar-refractivity contribution < 1.29 is 23.9 Å². The summed E-state index contributed by atoms with van der Waals surface area (Å²) < 4.78 is 11.5. The molecule has 0 saturated carbocycles. The van der Waals surface area contributed by atoms with Crippen molar-refractivity contribution in [2.75, 3.05) is 39.8 Å². The van der Waals surface area contributed by atoms with Gasteiger partial charge in [-0.1, -0.05) is 0 Å². The van der Waals surface area contributed by atoms with E-state index in [0.717, 1.165) is 25.9 Å². The van der Waals surface area contributed by atoms with Crippen molar-refractivity contribution >= 4 is 17.7 Å². The molecule has 2 fully saturated rings. The Hall–Kier alpha value is -2.77. The molecule has 4 rings (SSSR count). The average molecular weight is 401 g/mol. The summed E-state index contributed by atoms with van der Waals surface area (Å²) in [5, 5.41) is 2.93. The molecule has 8 nitrogen and oxygen atoms in total. The molecule has 2 saturated heterocycles. The molecule has 0 bridgehead atoms. The van der Waals surface area contributed by atoms with Gasteiger partial charge < -0.3 is 24.6 Å². The topological polar surface area (TPSA) is 88.2 Å². The molecule has 3 aliphatic rings. The lowest BCUT2D eigenvalue weighted by atomic mass is 9.94. The second kappa shape index (κ2) is 7.93. The number of nitrogens with zero attached hydrogens (tertiary/aromatic N) is 2. The molecule has 0 aliphatic carbocycles. The lowest BCUT2D eigenvalue weighted by Gasteiger charge is -2.32. The third-order valence-electron chi connectivity index (χ3n) is 6.10. The fourth-order valence-corrected chi connectivity index (χ4v) is 4.27. The fourth-order valence-electron chi connectivity index (χ4n) is 4.27. The number of ether oxygens (including phenoxy) is 2. The highest BCUT2D eigenvalue weighted by Crippen LogP contribution is 2.34. The van der Waals surface area contributed by atoms with Gasteiger partial charge in [-0.25, -0.2) is 0 Å². The first kappa shape index (κ1) is 19.5. The van der Waals surface area contributed by atoms with Gasteiger partial charge in [0.25, 0.3) is 5.91 Å². The molecule has 3 heterocycles. The van der Waals surface area contributed by atoms with Crippen molar-refractivity contribution in [2.45, 2.75) is 37.7 Å². The van der Waals surface area contributed by atoms with Crippen LogP contribution in [-0.4, -0.2) is 73.0 Å². The predicted octanol–water partition coefficient (Wildman–Crippen LogP) is 1.19. The van der Waals surface area contributed by atoms with Gasteiger partial charge in [-0.05, 0) is 37.5 Å². The number of carbonyl (C=O) groups is 3. The molecule has 1 aromatic rings. The monoisotopic (exact) mass is 401 g/mol. The van der Waals surface area contributed by atoms with Crippen molar-refractivity contribution in [3.05, 3.63) is 23.8 Å². The average Bonchev–Trinajstić information content (AvgIpc) is 3.18. The van der Waals surface area contributed by atoms with Crippen LogP contribution in [0.4, 0.5) is 0 Å². The molecule has 1 N–H and O–H groups in total. The summed E-state index contributed by atoms with van der Waals surface area (Å²) in [5.74, 6) is 0.839. The normalized spacial score (nSPS) is 24.4. The molecule has 0 radical (unpaired) electrons. The van der Waals surface area contributed by atoms with E-state index >= 15 is 0 Å². The van der Waals surface area contributed by atoms with E-state index in [1.54, 1.807) is 30.2 Å². The predicted molar refractivity (Wildman–Crippen MR) is 105 cm³/mol. The maximum absolute atomic E-state index is 12.7. The molecular weight excluding hydrogens is 374 g/mol. The first-order chi connectivity index (χ1) is 14.0. The maximum atomic E-state index is 12.7. The SMILES string of the molecule is COc1ccc2c(c1)C(=O)NCC1(CCC(=O)N(CC(=O)N3CCCC3)CC1)O2. The minimum atomic E-state index is -0.670. The van der Waals surface area contributed by atoms with Gasteiger partial charge in [-0.3, -0.25) is 14.4 Å². The van der Waals surface area contributed by atoms with E-state index in [1.165, 1.54) is 0 Å². The van der Waals surface area contributed by atoms with Crippen molar-refractivity contribution in [3.8, 4) is 11.5 Å². The Labute approximate surface area is 170 Å². The zero-order valence-corrected chi connectivity index (χ0v) is 16.7. The van der Waals surface area contributed by atoms with Gasteiger partial charge in [-0.15, -0.1) is 0 Å². The first-order valence-electron chi connectivity index (χ1n) is 10.2. The van der Waals surface area contributed by atoms with Gasteiger partial charge in [-0.2, -0.15) is 0 Å². The van der Waals surface area contributed by atoms with Crippen molar-refractivity contribution in [2.24, 2.45) is 0 Å². The summed E-state index contributed by atoms with van der Waals surface area (Å²) >= 11 is 0. The Kier molecular flexibility index (Phi) is 5.34. The van der Waals surface area contributed by atoms with E-state index < -0.39 is 5.60 Å². The molecule has 1 spiro atoms.